The second kappa shape index (κ2) is 6.08. The van der Waals surface area contributed by atoms with Crippen LogP contribution in [0.15, 0.2) is 44.7 Å². The van der Waals surface area contributed by atoms with Gasteiger partial charge in [-0.1, -0.05) is 15.9 Å². The van der Waals surface area contributed by atoms with Crippen molar-refractivity contribution < 1.29 is 9.53 Å². The average molecular weight is 393 g/mol. The molecule has 0 atom stereocenters. The zero-order valence-electron chi connectivity index (χ0n) is 12.9. The molecule has 8 nitrogen and oxygen atoms in total. The van der Waals surface area contributed by atoms with Gasteiger partial charge in [0.1, 0.15) is 12.3 Å². The lowest BCUT2D eigenvalue weighted by atomic mass is 10.3. The summed E-state index contributed by atoms with van der Waals surface area (Å²) in [7, 11) is 3.14. The molecule has 124 valence electrons. The number of benzene rings is 1. The fraction of sp³-hybridized carbons (Fsp3) is 0.200. The predicted molar refractivity (Wildman–Crippen MR) is 90.0 cm³/mol. The molecule has 0 unspecified atom stereocenters. The number of nitrogens with zero attached hydrogens (tertiary/aromatic N) is 4. The third-order valence-corrected chi connectivity index (χ3v) is 4.06. The van der Waals surface area contributed by atoms with Crippen LogP contribution < -0.4 is 16.0 Å². The summed E-state index contributed by atoms with van der Waals surface area (Å²) >= 11 is 3.28. The molecule has 2 heterocycles. The normalized spacial score (nSPS) is 11.0. The quantitative estimate of drug-likeness (QED) is 0.485. The van der Waals surface area contributed by atoms with Gasteiger partial charge >= 0.3 is 11.7 Å². The number of hydrogen-bond acceptors (Lipinski definition) is 5. The highest BCUT2D eigenvalue weighted by molar-refractivity contribution is 9.10. The minimum atomic E-state index is -0.710. The summed E-state index contributed by atoms with van der Waals surface area (Å²) in [6.07, 6.45) is 1.44. The highest BCUT2D eigenvalue weighted by atomic mass is 79.9. The van der Waals surface area contributed by atoms with Crippen molar-refractivity contribution >= 4 is 33.1 Å². The number of aromatic nitrogens is 4. The highest BCUT2D eigenvalue weighted by Gasteiger charge is 2.17. The lowest BCUT2D eigenvalue weighted by Gasteiger charge is -2.08. The molecule has 0 aliphatic rings. The Morgan fingerprint density at radius 1 is 1.21 bits per heavy atom. The summed E-state index contributed by atoms with van der Waals surface area (Å²) in [5.74, 6) is -0.382. The number of carbonyl (C=O) groups is 1. The van der Waals surface area contributed by atoms with E-state index in [1.54, 1.807) is 31.3 Å². The molecule has 0 bridgehead atoms. The van der Waals surface area contributed by atoms with Gasteiger partial charge < -0.3 is 9.30 Å². The van der Waals surface area contributed by atoms with Gasteiger partial charge in [0, 0.05) is 18.6 Å². The first-order chi connectivity index (χ1) is 11.4. The molecule has 0 fully saturated rings. The van der Waals surface area contributed by atoms with E-state index in [0.717, 1.165) is 9.04 Å². The number of halogens is 1. The van der Waals surface area contributed by atoms with E-state index in [0.29, 0.717) is 5.75 Å². The summed E-state index contributed by atoms with van der Waals surface area (Å²) in [5, 5.41) is 0. The van der Waals surface area contributed by atoms with Crippen molar-refractivity contribution in [3.05, 3.63) is 55.9 Å². The Morgan fingerprint density at radius 3 is 2.54 bits per heavy atom. The predicted octanol–water partition coefficient (Wildman–Crippen LogP) is 0.802. The highest BCUT2D eigenvalue weighted by Crippen LogP contribution is 2.16. The molecule has 0 amide bonds. The summed E-state index contributed by atoms with van der Waals surface area (Å²) in [6.45, 7) is -0.483. The van der Waals surface area contributed by atoms with Crippen molar-refractivity contribution in [2.45, 2.75) is 6.54 Å². The molecule has 0 spiro atoms. The van der Waals surface area contributed by atoms with E-state index >= 15 is 0 Å². The molecule has 3 rings (SSSR count). The van der Waals surface area contributed by atoms with Crippen LogP contribution >= 0.6 is 15.9 Å². The number of fused-ring (bicyclic) bond motifs is 1. The molecule has 0 aliphatic carbocycles. The maximum Gasteiger partial charge on any atom is 0.333 e. The summed E-state index contributed by atoms with van der Waals surface area (Å²) < 4.78 is 9.57. The van der Waals surface area contributed by atoms with Crippen LogP contribution in [0.2, 0.25) is 0 Å². The van der Waals surface area contributed by atoms with Gasteiger partial charge in [0.05, 0.1) is 6.33 Å². The van der Waals surface area contributed by atoms with Crippen LogP contribution in [0, 0.1) is 0 Å². The Balaban J connectivity index is 1.96. The van der Waals surface area contributed by atoms with E-state index < -0.39 is 23.8 Å². The minimum absolute atomic E-state index is 0.244. The zero-order chi connectivity index (χ0) is 17.4. The molecule has 1 aromatic carbocycles. The average Bonchev–Trinajstić information content (AvgIpc) is 2.94. The van der Waals surface area contributed by atoms with Gasteiger partial charge in [-0.2, -0.15) is 0 Å². The van der Waals surface area contributed by atoms with Gasteiger partial charge in [0.2, 0.25) is 0 Å². The van der Waals surface area contributed by atoms with E-state index in [9.17, 15) is 14.4 Å². The second-order valence-corrected chi connectivity index (χ2v) is 6.10. The number of ether oxygens (including phenoxy) is 1. The molecule has 0 aliphatic heterocycles. The van der Waals surface area contributed by atoms with E-state index in [-0.39, 0.29) is 11.2 Å². The topological polar surface area (TPSA) is 88.1 Å². The first-order valence-corrected chi connectivity index (χ1v) is 7.75. The molecule has 3 aromatic rings. The van der Waals surface area contributed by atoms with Gasteiger partial charge in [-0.05, 0) is 24.3 Å². The Kier molecular flexibility index (Phi) is 4.10. The standard InChI is InChI=1S/C15H13BrN4O4/c1-18-8-17-13-12(18)14(22)20(15(23)19(13)2)7-11(21)24-10-5-3-9(16)4-6-10/h3-6,8H,7H2,1-2H3. The first-order valence-electron chi connectivity index (χ1n) is 6.95. The fourth-order valence-electron chi connectivity index (χ4n) is 2.33. The zero-order valence-corrected chi connectivity index (χ0v) is 14.5. The second-order valence-electron chi connectivity index (χ2n) is 5.19. The number of aryl methyl sites for hydroxylation is 2. The maximum absolute atomic E-state index is 12.5. The van der Waals surface area contributed by atoms with Gasteiger partial charge in [-0.3, -0.25) is 9.36 Å². The van der Waals surface area contributed by atoms with Crippen LogP contribution in [0.1, 0.15) is 0 Å². The van der Waals surface area contributed by atoms with E-state index in [4.69, 9.17) is 4.74 Å². The third-order valence-electron chi connectivity index (χ3n) is 3.53. The smallest absolute Gasteiger partial charge is 0.333 e. The van der Waals surface area contributed by atoms with Crippen LogP contribution in [-0.2, 0) is 25.4 Å². The Hall–Kier alpha value is -2.68. The Morgan fingerprint density at radius 2 is 1.88 bits per heavy atom. The van der Waals surface area contributed by atoms with E-state index in [1.165, 1.54) is 22.5 Å². The number of rotatable bonds is 3. The molecular formula is C15H13BrN4O4. The lowest BCUT2D eigenvalue weighted by Crippen LogP contribution is -2.42. The van der Waals surface area contributed by atoms with Crippen LogP contribution in [0.4, 0.5) is 0 Å². The number of hydrogen-bond donors (Lipinski definition) is 0. The first kappa shape index (κ1) is 16.2. The van der Waals surface area contributed by atoms with Crippen molar-refractivity contribution in [3.63, 3.8) is 0 Å². The fourth-order valence-corrected chi connectivity index (χ4v) is 2.60. The maximum atomic E-state index is 12.5. The number of imidazole rings is 1. The van der Waals surface area contributed by atoms with Gasteiger partial charge in [-0.25, -0.2) is 19.1 Å². The number of esters is 1. The van der Waals surface area contributed by atoms with Crippen molar-refractivity contribution in [2.75, 3.05) is 0 Å². The molecule has 0 radical (unpaired) electrons. The number of carbonyl (C=O) groups excluding carboxylic acids is 1. The van der Waals surface area contributed by atoms with E-state index in [1.807, 2.05) is 0 Å². The largest absolute Gasteiger partial charge is 0.425 e. The molecule has 0 saturated carbocycles. The van der Waals surface area contributed by atoms with Gasteiger partial charge in [0.15, 0.2) is 11.2 Å². The van der Waals surface area contributed by atoms with Crippen LogP contribution in [-0.4, -0.2) is 24.7 Å². The van der Waals surface area contributed by atoms with Crippen LogP contribution in [0.25, 0.3) is 11.2 Å². The van der Waals surface area contributed by atoms with Crippen molar-refractivity contribution in [2.24, 2.45) is 14.1 Å². The molecule has 0 N–H and O–H groups in total. The van der Waals surface area contributed by atoms with Gasteiger partial charge in [-0.15, -0.1) is 0 Å². The van der Waals surface area contributed by atoms with Gasteiger partial charge in [0.25, 0.3) is 5.56 Å². The SMILES string of the molecule is Cn1cnc2c1c(=O)n(CC(=O)Oc1ccc(Br)cc1)c(=O)n2C. The molecule has 0 saturated heterocycles. The van der Waals surface area contributed by atoms with Crippen molar-refractivity contribution in [3.8, 4) is 5.75 Å². The molecule has 2 aromatic heterocycles. The van der Waals surface area contributed by atoms with Crippen molar-refractivity contribution in [1.29, 1.82) is 0 Å². The summed E-state index contributed by atoms with van der Waals surface area (Å²) in [6, 6.07) is 6.64. The lowest BCUT2D eigenvalue weighted by molar-refractivity contribution is -0.135. The van der Waals surface area contributed by atoms with Crippen LogP contribution in [0.5, 0.6) is 5.75 Å². The Labute approximate surface area is 144 Å². The monoisotopic (exact) mass is 392 g/mol. The third kappa shape index (κ3) is 2.78. The van der Waals surface area contributed by atoms with E-state index in [2.05, 4.69) is 20.9 Å². The summed E-state index contributed by atoms with van der Waals surface area (Å²) in [5.41, 5.74) is -0.696. The summed E-state index contributed by atoms with van der Waals surface area (Å²) in [4.78, 5) is 40.9. The van der Waals surface area contributed by atoms with Crippen molar-refractivity contribution in [1.82, 2.24) is 18.7 Å². The molecule has 24 heavy (non-hydrogen) atoms. The molecule has 9 heteroatoms. The minimum Gasteiger partial charge on any atom is -0.425 e. The molecular weight excluding hydrogens is 380 g/mol. The van der Waals surface area contributed by atoms with Crippen LogP contribution in [0.3, 0.4) is 0 Å². The Bertz CT molecular complexity index is 1050.